The minimum atomic E-state index is -0.754. The van der Waals surface area contributed by atoms with Gasteiger partial charge >= 0.3 is 0 Å². The second-order valence-electron chi connectivity index (χ2n) is 8.06. The lowest BCUT2D eigenvalue weighted by atomic mass is 9.81. The number of rotatable bonds is 6. The fraction of sp³-hybridized carbons (Fsp3) is 0.304. The first-order chi connectivity index (χ1) is 15.8. The quantitative estimate of drug-likeness (QED) is 0.276. The molecule has 170 valence electrons. The Balaban J connectivity index is 1.68. The summed E-state index contributed by atoms with van der Waals surface area (Å²) >= 11 is 6.18. The number of nitro benzene ring substituents is 1. The van der Waals surface area contributed by atoms with Crippen molar-refractivity contribution in [3.63, 3.8) is 0 Å². The predicted molar refractivity (Wildman–Crippen MR) is 117 cm³/mol. The normalized spacial score (nSPS) is 19.8. The third kappa shape index (κ3) is 4.23. The van der Waals surface area contributed by atoms with Gasteiger partial charge in [-0.2, -0.15) is 5.01 Å². The first kappa shape index (κ1) is 22.6. The number of imide groups is 1. The second-order valence-corrected chi connectivity index (χ2v) is 8.46. The molecule has 1 heterocycles. The summed E-state index contributed by atoms with van der Waals surface area (Å²) in [6.07, 6.45) is 2.73. The number of ketones is 1. The molecule has 2 atom stereocenters. The number of amides is 3. The number of fused-ring (bicyclic) bond motifs is 1. The molecular weight excluding hydrogens is 450 g/mol. The summed E-state index contributed by atoms with van der Waals surface area (Å²) in [6.45, 7) is -0.598. The van der Waals surface area contributed by atoms with Crippen LogP contribution in [0.3, 0.4) is 0 Å². The molecule has 1 aliphatic heterocycles. The number of non-ortho nitro benzene ring substituents is 1. The van der Waals surface area contributed by atoms with Crippen molar-refractivity contribution in [2.45, 2.75) is 25.7 Å². The molecule has 2 aliphatic rings. The highest BCUT2D eigenvalue weighted by molar-refractivity contribution is 6.34. The topological polar surface area (TPSA) is 118 Å². The van der Waals surface area contributed by atoms with E-state index in [9.17, 15) is 29.3 Å². The Kier molecular flexibility index (Phi) is 6.24. The lowest BCUT2D eigenvalue weighted by Crippen LogP contribution is -2.52. The molecule has 2 aromatic carbocycles. The molecule has 3 amide bonds. The molecule has 0 aromatic heterocycles. The molecule has 0 N–H and O–H groups in total. The van der Waals surface area contributed by atoms with Crippen LogP contribution in [0, 0.1) is 22.0 Å². The molecule has 1 saturated heterocycles. The highest BCUT2D eigenvalue weighted by Gasteiger charge is 2.51. The summed E-state index contributed by atoms with van der Waals surface area (Å²) in [5.74, 6) is -3.36. The SMILES string of the molecule is O=C(CN(C(=O)c1ccccc1Cl)N1C(=O)[C@@H]2CCCC[C@H]2C1=O)c1ccc([N+](=O)[O-])cc1. The van der Waals surface area contributed by atoms with Gasteiger partial charge in [0.1, 0.15) is 6.54 Å². The number of hydrazine groups is 1. The van der Waals surface area contributed by atoms with Crippen LogP contribution in [0.15, 0.2) is 48.5 Å². The molecule has 0 radical (unpaired) electrons. The van der Waals surface area contributed by atoms with Gasteiger partial charge in [-0.3, -0.25) is 29.3 Å². The van der Waals surface area contributed by atoms with E-state index >= 15 is 0 Å². The number of carbonyl (C=O) groups is 4. The average Bonchev–Trinajstić information content (AvgIpc) is 3.07. The zero-order valence-corrected chi connectivity index (χ0v) is 18.2. The number of hydrogen-bond donors (Lipinski definition) is 0. The van der Waals surface area contributed by atoms with Crippen molar-refractivity contribution in [2.75, 3.05) is 6.54 Å². The lowest BCUT2D eigenvalue weighted by Gasteiger charge is -2.30. The number of carbonyl (C=O) groups excluding carboxylic acids is 4. The Morgan fingerprint density at radius 2 is 1.58 bits per heavy atom. The van der Waals surface area contributed by atoms with Gasteiger partial charge in [0, 0.05) is 17.7 Å². The summed E-state index contributed by atoms with van der Waals surface area (Å²) < 4.78 is 0. The number of nitro groups is 1. The maximum atomic E-state index is 13.4. The van der Waals surface area contributed by atoms with Crippen molar-refractivity contribution < 1.29 is 24.1 Å². The third-order valence-corrected chi connectivity index (χ3v) is 6.42. The van der Waals surface area contributed by atoms with E-state index in [1.165, 1.54) is 36.4 Å². The van der Waals surface area contributed by atoms with Gasteiger partial charge in [-0.1, -0.05) is 36.6 Å². The van der Waals surface area contributed by atoms with E-state index in [2.05, 4.69) is 0 Å². The summed E-state index contributed by atoms with van der Waals surface area (Å²) in [5.41, 5.74) is -0.0373. The van der Waals surface area contributed by atoms with E-state index in [-0.39, 0.29) is 21.8 Å². The molecular formula is C23H20ClN3O6. The zero-order valence-electron chi connectivity index (χ0n) is 17.5. The highest BCUT2D eigenvalue weighted by atomic mass is 35.5. The maximum Gasteiger partial charge on any atom is 0.274 e. The molecule has 4 rings (SSSR count). The standard InChI is InChI=1S/C23H20ClN3O6/c24-19-8-4-3-7-18(19)21(29)25(13-20(28)14-9-11-15(12-10-14)27(32)33)26-22(30)16-5-1-2-6-17(16)23(26)31/h3-4,7-12,16-17H,1-2,5-6,13H2/t16-,17-/m1/s1. The van der Waals surface area contributed by atoms with Crippen molar-refractivity contribution in [2.24, 2.45) is 11.8 Å². The van der Waals surface area contributed by atoms with Crippen LogP contribution in [0.2, 0.25) is 5.02 Å². The largest absolute Gasteiger partial charge is 0.292 e. The van der Waals surface area contributed by atoms with E-state index in [0.29, 0.717) is 12.8 Å². The van der Waals surface area contributed by atoms with Gasteiger partial charge < -0.3 is 0 Å². The van der Waals surface area contributed by atoms with Crippen LogP contribution in [0.4, 0.5) is 5.69 Å². The fourth-order valence-corrected chi connectivity index (χ4v) is 4.60. The minimum absolute atomic E-state index is 0.0474. The molecule has 33 heavy (non-hydrogen) atoms. The number of Topliss-reactive ketones (excluding diaryl/α,β-unsaturated/α-hetero) is 1. The molecule has 2 fully saturated rings. The Hall–Kier alpha value is -3.59. The number of halogens is 1. The van der Waals surface area contributed by atoms with Crippen molar-refractivity contribution in [1.82, 2.24) is 10.0 Å². The Bertz CT molecular complexity index is 1130. The van der Waals surface area contributed by atoms with Crippen molar-refractivity contribution >= 4 is 40.8 Å². The number of benzene rings is 2. The van der Waals surface area contributed by atoms with Crippen molar-refractivity contribution in [3.05, 3.63) is 74.8 Å². The van der Waals surface area contributed by atoms with Crippen molar-refractivity contribution in [1.29, 1.82) is 0 Å². The fourth-order valence-electron chi connectivity index (χ4n) is 4.39. The lowest BCUT2D eigenvalue weighted by molar-refractivity contribution is -0.384. The van der Waals surface area contributed by atoms with Gasteiger partial charge in [0.25, 0.3) is 23.4 Å². The van der Waals surface area contributed by atoms with Gasteiger partial charge in [0.15, 0.2) is 5.78 Å². The van der Waals surface area contributed by atoms with E-state index < -0.39 is 46.8 Å². The number of nitrogens with zero attached hydrogens (tertiary/aromatic N) is 3. The van der Waals surface area contributed by atoms with Gasteiger partial charge in [-0.25, -0.2) is 5.01 Å². The zero-order chi connectivity index (χ0) is 23.7. The van der Waals surface area contributed by atoms with E-state index in [4.69, 9.17) is 11.6 Å². The smallest absolute Gasteiger partial charge is 0.274 e. The van der Waals surface area contributed by atoms with Crippen LogP contribution in [0.25, 0.3) is 0 Å². The summed E-state index contributed by atoms with van der Waals surface area (Å²) in [7, 11) is 0. The first-order valence-electron chi connectivity index (χ1n) is 10.5. The molecule has 2 aromatic rings. The maximum absolute atomic E-state index is 13.4. The Morgan fingerprint density at radius 1 is 1.00 bits per heavy atom. The van der Waals surface area contributed by atoms with Crippen LogP contribution in [0.1, 0.15) is 46.4 Å². The van der Waals surface area contributed by atoms with E-state index in [1.54, 1.807) is 12.1 Å². The van der Waals surface area contributed by atoms with Crippen LogP contribution in [0.5, 0.6) is 0 Å². The molecule has 9 nitrogen and oxygen atoms in total. The molecule has 1 saturated carbocycles. The first-order valence-corrected chi connectivity index (χ1v) is 10.9. The van der Waals surface area contributed by atoms with E-state index in [1.807, 2.05) is 0 Å². The second kappa shape index (κ2) is 9.11. The third-order valence-electron chi connectivity index (χ3n) is 6.09. The molecule has 0 unspecified atom stereocenters. The summed E-state index contributed by atoms with van der Waals surface area (Å²) in [5, 5.41) is 12.7. The Labute approximate surface area is 194 Å². The predicted octanol–water partition coefficient (Wildman–Crippen LogP) is 3.66. The van der Waals surface area contributed by atoms with Crippen LogP contribution < -0.4 is 0 Å². The van der Waals surface area contributed by atoms with Crippen LogP contribution in [-0.2, 0) is 9.59 Å². The summed E-state index contributed by atoms with van der Waals surface area (Å²) in [6, 6.07) is 11.1. The van der Waals surface area contributed by atoms with Gasteiger partial charge in [-0.05, 0) is 37.1 Å². The van der Waals surface area contributed by atoms with E-state index in [0.717, 1.165) is 22.9 Å². The monoisotopic (exact) mass is 469 g/mol. The Morgan fingerprint density at radius 3 is 2.12 bits per heavy atom. The van der Waals surface area contributed by atoms with Gasteiger partial charge in [0.2, 0.25) is 0 Å². The molecule has 1 aliphatic carbocycles. The van der Waals surface area contributed by atoms with Crippen molar-refractivity contribution in [3.8, 4) is 0 Å². The summed E-state index contributed by atoms with van der Waals surface area (Å²) in [4.78, 5) is 63.0. The highest BCUT2D eigenvalue weighted by Crippen LogP contribution is 2.39. The van der Waals surface area contributed by atoms with Crippen LogP contribution >= 0.6 is 11.6 Å². The van der Waals surface area contributed by atoms with Crippen LogP contribution in [-0.4, -0.2) is 45.0 Å². The van der Waals surface area contributed by atoms with Gasteiger partial charge in [0.05, 0.1) is 27.3 Å². The minimum Gasteiger partial charge on any atom is -0.292 e. The molecule has 10 heteroatoms. The van der Waals surface area contributed by atoms with Gasteiger partial charge in [-0.15, -0.1) is 0 Å². The molecule has 0 spiro atoms. The number of hydrogen-bond acceptors (Lipinski definition) is 6. The molecule has 0 bridgehead atoms. The average molecular weight is 470 g/mol.